The van der Waals surface area contributed by atoms with Gasteiger partial charge in [-0.3, -0.25) is 14.5 Å². The van der Waals surface area contributed by atoms with Gasteiger partial charge in [0, 0.05) is 30.0 Å². The number of hydrogen-bond donors (Lipinski definition) is 2. The summed E-state index contributed by atoms with van der Waals surface area (Å²) in [5, 5.41) is 21.6. The number of fused-ring (bicyclic) bond motifs is 1. The predicted octanol–water partition coefficient (Wildman–Crippen LogP) is 5.19. The molecule has 1 fully saturated rings. The smallest absolute Gasteiger partial charge is 0.300 e. The van der Waals surface area contributed by atoms with Crippen molar-refractivity contribution in [2.45, 2.75) is 32.7 Å². The van der Waals surface area contributed by atoms with Gasteiger partial charge >= 0.3 is 0 Å². The summed E-state index contributed by atoms with van der Waals surface area (Å²) in [5.41, 5.74) is 3.45. The van der Waals surface area contributed by atoms with Gasteiger partial charge in [0.25, 0.3) is 11.7 Å². The molecule has 0 aliphatic carbocycles. The first-order chi connectivity index (χ1) is 17.9. The number of Topliss-reactive ketones (excluding diaryl/α,β-unsaturated/α-hetero) is 1. The number of anilines is 2. The number of nitrogens with zero attached hydrogens (tertiary/aromatic N) is 2. The molecule has 7 heteroatoms. The van der Waals surface area contributed by atoms with E-state index in [4.69, 9.17) is 4.74 Å². The van der Waals surface area contributed by atoms with E-state index in [1.165, 1.54) is 17.0 Å². The molecule has 1 amide bonds. The van der Waals surface area contributed by atoms with Crippen LogP contribution in [0.1, 0.15) is 43.0 Å². The first-order valence-corrected chi connectivity index (χ1v) is 12.6. The normalized spacial score (nSPS) is 18.4. The average molecular weight is 499 g/mol. The molecular formula is C30H30N2O5. The molecule has 1 unspecified atom stereocenters. The third-order valence-electron chi connectivity index (χ3n) is 7.07. The standard InChI is InChI=1S/C30H30N2O5/c1-3-31(4-2)22-11-13-23(14-12-22)32-27(20-7-5-9-24(33)18-20)26(29(35)30(32)36)28(34)21-10-15-25-19(17-21)8-6-16-37-25/h5,7,9-15,17-18,27,33-34H,3-4,6,8,16H2,1-2H3/b28-26-. The van der Waals surface area contributed by atoms with Crippen LogP contribution in [0.5, 0.6) is 11.5 Å². The summed E-state index contributed by atoms with van der Waals surface area (Å²) < 4.78 is 5.68. The van der Waals surface area contributed by atoms with E-state index in [0.717, 1.165) is 42.9 Å². The van der Waals surface area contributed by atoms with Gasteiger partial charge in [0.2, 0.25) is 0 Å². The SMILES string of the molecule is CCN(CC)c1ccc(N2C(=O)C(=O)/C(=C(\O)c3ccc4c(c3)CCCO4)C2c2cccc(O)c2)cc1. The van der Waals surface area contributed by atoms with Crippen LogP contribution >= 0.6 is 0 Å². The zero-order chi connectivity index (χ0) is 26.1. The number of rotatable bonds is 6. The molecule has 0 bridgehead atoms. The van der Waals surface area contributed by atoms with E-state index >= 15 is 0 Å². The fraction of sp³-hybridized carbons (Fsp3) is 0.267. The van der Waals surface area contributed by atoms with Crippen molar-refractivity contribution in [2.24, 2.45) is 0 Å². The fourth-order valence-corrected chi connectivity index (χ4v) is 5.19. The number of phenols is 1. The second-order valence-corrected chi connectivity index (χ2v) is 9.23. The molecule has 2 aliphatic rings. The highest BCUT2D eigenvalue weighted by atomic mass is 16.5. The largest absolute Gasteiger partial charge is 0.508 e. The molecule has 1 saturated heterocycles. The topological polar surface area (TPSA) is 90.3 Å². The number of carbonyl (C=O) groups is 2. The summed E-state index contributed by atoms with van der Waals surface area (Å²) in [5.74, 6) is -0.978. The van der Waals surface area contributed by atoms with Gasteiger partial charge in [-0.25, -0.2) is 0 Å². The molecule has 3 aromatic carbocycles. The second-order valence-electron chi connectivity index (χ2n) is 9.23. The van der Waals surface area contributed by atoms with Gasteiger partial charge in [-0.1, -0.05) is 12.1 Å². The van der Waals surface area contributed by atoms with E-state index in [9.17, 15) is 19.8 Å². The lowest BCUT2D eigenvalue weighted by atomic mass is 9.93. The highest BCUT2D eigenvalue weighted by Gasteiger charge is 2.47. The first-order valence-electron chi connectivity index (χ1n) is 12.6. The number of aromatic hydroxyl groups is 1. The highest BCUT2D eigenvalue weighted by molar-refractivity contribution is 6.51. The number of aliphatic hydroxyl groups is 1. The van der Waals surface area contributed by atoms with E-state index in [1.807, 2.05) is 30.3 Å². The molecule has 2 N–H and O–H groups in total. The van der Waals surface area contributed by atoms with E-state index in [2.05, 4.69) is 18.7 Å². The maximum atomic E-state index is 13.4. The molecular weight excluding hydrogens is 468 g/mol. The van der Waals surface area contributed by atoms with Crippen LogP contribution in [0, 0.1) is 0 Å². The van der Waals surface area contributed by atoms with Crippen molar-refractivity contribution < 1.29 is 24.5 Å². The summed E-state index contributed by atoms with van der Waals surface area (Å²) in [6, 6.07) is 18.3. The van der Waals surface area contributed by atoms with E-state index in [0.29, 0.717) is 23.4 Å². The van der Waals surface area contributed by atoms with Crippen LogP contribution in [-0.4, -0.2) is 41.6 Å². The summed E-state index contributed by atoms with van der Waals surface area (Å²) >= 11 is 0. The van der Waals surface area contributed by atoms with Crippen LogP contribution in [0.3, 0.4) is 0 Å². The van der Waals surface area contributed by atoms with Gasteiger partial charge in [-0.15, -0.1) is 0 Å². The van der Waals surface area contributed by atoms with Gasteiger partial charge in [0.15, 0.2) is 0 Å². The van der Waals surface area contributed by atoms with Crippen molar-refractivity contribution in [1.82, 2.24) is 0 Å². The van der Waals surface area contributed by atoms with Crippen molar-refractivity contribution in [3.05, 3.63) is 89.0 Å². The molecule has 5 rings (SSSR count). The Balaban J connectivity index is 1.64. The minimum absolute atomic E-state index is 0.00546. The van der Waals surface area contributed by atoms with Gasteiger partial charge in [-0.2, -0.15) is 0 Å². The van der Waals surface area contributed by atoms with E-state index in [-0.39, 0.29) is 17.1 Å². The highest BCUT2D eigenvalue weighted by Crippen LogP contribution is 2.43. The predicted molar refractivity (Wildman–Crippen MR) is 143 cm³/mol. The maximum Gasteiger partial charge on any atom is 0.300 e. The maximum absolute atomic E-state index is 13.4. The van der Waals surface area contributed by atoms with Gasteiger partial charge in [0.05, 0.1) is 18.2 Å². The minimum atomic E-state index is -0.904. The number of aliphatic hydroxyl groups excluding tert-OH is 1. The first kappa shape index (κ1) is 24.4. The second kappa shape index (κ2) is 10.0. The number of phenolic OH excluding ortho intramolecular Hbond substituents is 1. The monoisotopic (exact) mass is 498 g/mol. The van der Waals surface area contributed by atoms with E-state index < -0.39 is 17.7 Å². The van der Waals surface area contributed by atoms with Gasteiger partial charge < -0.3 is 19.8 Å². The van der Waals surface area contributed by atoms with Crippen molar-refractivity contribution >= 4 is 28.8 Å². The quantitative estimate of drug-likeness (QED) is 0.276. The van der Waals surface area contributed by atoms with E-state index in [1.54, 1.807) is 24.3 Å². The van der Waals surface area contributed by atoms with Crippen LogP contribution in [0.15, 0.2) is 72.3 Å². The Morgan fingerprint density at radius 2 is 1.78 bits per heavy atom. The average Bonchev–Trinajstić information content (AvgIpc) is 3.19. The van der Waals surface area contributed by atoms with Crippen LogP contribution in [0.25, 0.3) is 5.76 Å². The lowest BCUT2D eigenvalue weighted by Gasteiger charge is -2.27. The van der Waals surface area contributed by atoms with Crippen molar-refractivity contribution in [3.8, 4) is 11.5 Å². The Labute approximate surface area is 216 Å². The summed E-state index contributed by atoms with van der Waals surface area (Å²) in [6.45, 7) is 6.48. The lowest BCUT2D eigenvalue weighted by Crippen LogP contribution is -2.29. The number of amides is 1. The molecule has 2 aliphatic heterocycles. The minimum Gasteiger partial charge on any atom is -0.508 e. The van der Waals surface area contributed by atoms with Gasteiger partial charge in [-0.05, 0) is 92.4 Å². The molecule has 190 valence electrons. The Hall–Kier alpha value is -4.26. The number of benzene rings is 3. The number of carbonyl (C=O) groups excluding carboxylic acids is 2. The molecule has 37 heavy (non-hydrogen) atoms. The molecule has 0 saturated carbocycles. The Morgan fingerprint density at radius 1 is 1.03 bits per heavy atom. The molecule has 7 nitrogen and oxygen atoms in total. The fourth-order valence-electron chi connectivity index (χ4n) is 5.19. The lowest BCUT2D eigenvalue weighted by molar-refractivity contribution is -0.132. The Morgan fingerprint density at radius 3 is 2.49 bits per heavy atom. The van der Waals surface area contributed by atoms with Crippen LogP contribution in [0.4, 0.5) is 11.4 Å². The van der Waals surface area contributed by atoms with Crippen molar-refractivity contribution in [1.29, 1.82) is 0 Å². The molecule has 0 spiro atoms. The number of ketones is 1. The Kier molecular flexibility index (Phi) is 6.61. The zero-order valence-electron chi connectivity index (χ0n) is 21.0. The third kappa shape index (κ3) is 4.42. The van der Waals surface area contributed by atoms with Gasteiger partial charge in [0.1, 0.15) is 17.3 Å². The number of aryl methyl sites for hydroxylation is 1. The molecule has 2 heterocycles. The molecule has 0 radical (unpaired) electrons. The van der Waals surface area contributed by atoms with Crippen LogP contribution in [-0.2, 0) is 16.0 Å². The van der Waals surface area contributed by atoms with Crippen LogP contribution in [0.2, 0.25) is 0 Å². The molecule has 3 aromatic rings. The summed E-state index contributed by atoms with van der Waals surface area (Å²) in [7, 11) is 0. The van der Waals surface area contributed by atoms with Crippen LogP contribution < -0.4 is 14.5 Å². The number of ether oxygens (including phenoxy) is 1. The summed E-state index contributed by atoms with van der Waals surface area (Å²) in [4.78, 5) is 30.4. The third-order valence-corrected chi connectivity index (χ3v) is 7.07. The van der Waals surface area contributed by atoms with Crippen molar-refractivity contribution in [2.75, 3.05) is 29.5 Å². The molecule has 0 aromatic heterocycles. The zero-order valence-corrected chi connectivity index (χ0v) is 21.0. The number of hydrogen-bond acceptors (Lipinski definition) is 6. The van der Waals surface area contributed by atoms with Crippen molar-refractivity contribution in [3.63, 3.8) is 0 Å². The molecule has 1 atom stereocenters. The summed E-state index contributed by atoms with van der Waals surface area (Å²) in [6.07, 6.45) is 1.67. The Bertz CT molecular complexity index is 1370.